The lowest BCUT2D eigenvalue weighted by Crippen LogP contribution is -2.73. The van der Waals surface area contributed by atoms with Crippen LogP contribution >= 0.6 is 23.1 Å². The van der Waals surface area contributed by atoms with E-state index in [9.17, 15) is 14.4 Å². The minimum Gasteiger partial charge on any atom is -0.455 e. The lowest BCUT2D eigenvalue weighted by Gasteiger charge is -2.50. The highest BCUT2D eigenvalue weighted by Crippen LogP contribution is 2.42. The summed E-state index contributed by atoms with van der Waals surface area (Å²) in [6.45, 7) is 7.34. The number of aromatic nitrogens is 1. The van der Waals surface area contributed by atoms with Crippen LogP contribution in [0.15, 0.2) is 124 Å². The van der Waals surface area contributed by atoms with Crippen LogP contribution < -0.4 is 10.6 Å². The molecule has 2 N–H and O–H groups in total. The number of anilines is 1. The maximum absolute atomic E-state index is 14.0. The predicted molar refractivity (Wildman–Crippen MR) is 218 cm³/mol. The molecule has 3 heterocycles. The Balaban J connectivity index is 1.29. The van der Waals surface area contributed by atoms with Gasteiger partial charge in [-0.05, 0) is 37.5 Å². The van der Waals surface area contributed by atoms with Gasteiger partial charge in [0, 0.05) is 29.0 Å². The van der Waals surface area contributed by atoms with E-state index in [1.807, 2.05) is 88.7 Å². The molecule has 1 fully saturated rings. The number of hydrogen-bond acceptors (Lipinski definition) is 10. The summed E-state index contributed by atoms with van der Waals surface area (Å²) in [6, 6.07) is 29.0. The normalized spacial score (nSPS) is 18.0. The first-order valence-electron chi connectivity index (χ1n) is 17.9. The van der Waals surface area contributed by atoms with Crippen molar-refractivity contribution in [2.45, 2.75) is 50.9 Å². The minimum atomic E-state index is -0.900. The van der Waals surface area contributed by atoms with Gasteiger partial charge in [-0.3, -0.25) is 14.5 Å². The number of ether oxygens (including phenoxy) is 1. The van der Waals surface area contributed by atoms with Gasteiger partial charge in [0.05, 0.1) is 27.2 Å². The van der Waals surface area contributed by atoms with Crippen molar-refractivity contribution in [1.82, 2.24) is 15.2 Å². The molecule has 3 aromatic carbocycles. The van der Waals surface area contributed by atoms with Gasteiger partial charge in [0.15, 0.2) is 10.8 Å². The quantitative estimate of drug-likeness (QED) is 0.0418. The van der Waals surface area contributed by atoms with Crippen LogP contribution in [0.5, 0.6) is 0 Å². The number of amides is 2. The Morgan fingerprint density at radius 1 is 0.927 bits per heavy atom. The van der Waals surface area contributed by atoms with Gasteiger partial charge in [-0.15, -0.1) is 23.1 Å². The Morgan fingerprint density at radius 2 is 1.47 bits per heavy atom. The van der Waals surface area contributed by atoms with E-state index in [4.69, 9.17) is 14.6 Å². The van der Waals surface area contributed by atoms with Crippen LogP contribution in [0.2, 0.25) is 0 Å². The largest absolute Gasteiger partial charge is 0.455 e. The van der Waals surface area contributed by atoms with Crippen molar-refractivity contribution in [3.8, 4) is 0 Å². The van der Waals surface area contributed by atoms with Gasteiger partial charge in [0.2, 0.25) is 0 Å². The highest BCUT2D eigenvalue weighted by Gasteiger charge is 2.54. The van der Waals surface area contributed by atoms with E-state index in [-0.39, 0.29) is 17.1 Å². The minimum absolute atomic E-state index is 0.0867. The Bertz CT molecular complexity index is 2040. The van der Waals surface area contributed by atoms with Crippen LogP contribution in [0, 0.1) is 0 Å². The second kappa shape index (κ2) is 15.9. The monoisotopic (exact) mass is 779 g/mol. The summed E-state index contributed by atoms with van der Waals surface area (Å²) in [5.74, 6) is -1.17. The molecule has 2 amide bonds. The lowest BCUT2D eigenvalue weighted by atomic mass is 9.77. The van der Waals surface area contributed by atoms with Gasteiger partial charge in [0.1, 0.15) is 41.4 Å². The summed E-state index contributed by atoms with van der Waals surface area (Å²) < 4.78 is 6.31. The van der Waals surface area contributed by atoms with E-state index in [1.165, 1.54) is 35.1 Å². The average Bonchev–Trinajstić information content (AvgIpc) is 3.62. The molecule has 11 nitrogen and oxygen atoms in total. The number of carbonyl (C=O) groups excluding carboxylic acids is 3. The van der Waals surface area contributed by atoms with Gasteiger partial charge < -0.3 is 24.7 Å². The number of thiazole rings is 1. The number of quaternary nitrogens is 1. The van der Waals surface area contributed by atoms with Crippen molar-refractivity contribution in [1.29, 1.82) is 0 Å². The number of allylic oxidation sites excluding steroid dienone is 2. The summed E-state index contributed by atoms with van der Waals surface area (Å²) in [6.07, 6.45) is 1.93. The summed E-state index contributed by atoms with van der Waals surface area (Å²) in [5.41, 5.74) is 2.74. The second-order valence-corrected chi connectivity index (χ2v) is 17.1. The van der Waals surface area contributed by atoms with Gasteiger partial charge in [-0.25, -0.2) is 9.78 Å². The third-order valence-electron chi connectivity index (χ3n) is 9.44. The van der Waals surface area contributed by atoms with Crippen molar-refractivity contribution in [2.75, 3.05) is 39.3 Å². The van der Waals surface area contributed by atoms with Crippen molar-refractivity contribution < 1.29 is 28.4 Å². The van der Waals surface area contributed by atoms with Crippen LogP contribution in [0.25, 0.3) is 0 Å². The topological polar surface area (TPSA) is 122 Å². The summed E-state index contributed by atoms with van der Waals surface area (Å²) in [5, 5.41) is 12.9. The van der Waals surface area contributed by atoms with Gasteiger partial charge in [-0.2, -0.15) is 0 Å². The Labute approximate surface area is 330 Å². The third-order valence-corrected chi connectivity index (χ3v) is 11.3. The fraction of sp³-hybridized carbons (Fsp3) is 0.310. The lowest BCUT2D eigenvalue weighted by molar-refractivity contribution is -0.831. The second-order valence-electron chi connectivity index (χ2n) is 15.2. The number of oxime groups is 1. The number of carbonyl (C=O) groups is 3. The molecule has 286 valence electrons. The molecular formula is C42H47N6O5S2+. The molecular weight excluding hydrogens is 733 g/mol. The molecule has 1 saturated heterocycles. The number of rotatable bonds is 12. The van der Waals surface area contributed by atoms with E-state index >= 15 is 0 Å². The third kappa shape index (κ3) is 8.24. The molecule has 0 radical (unpaired) electrons. The number of β-lactam (4-membered cyclic amide) rings is 1. The fourth-order valence-electron chi connectivity index (χ4n) is 6.42. The smallest absolute Gasteiger partial charge is 0.356 e. The van der Waals surface area contributed by atoms with Crippen molar-refractivity contribution in [3.05, 3.63) is 141 Å². The first kappa shape index (κ1) is 39.5. The fourth-order valence-corrected chi connectivity index (χ4v) is 8.43. The molecule has 0 saturated carbocycles. The molecule has 55 heavy (non-hydrogen) atoms. The van der Waals surface area contributed by atoms with Crippen molar-refractivity contribution >= 4 is 51.7 Å². The molecule has 4 aromatic rings. The molecule has 0 spiro atoms. The zero-order valence-corrected chi connectivity index (χ0v) is 34.0. The van der Waals surface area contributed by atoms with Crippen LogP contribution in [0.3, 0.4) is 0 Å². The molecule has 13 heteroatoms. The molecule has 0 bridgehead atoms. The highest BCUT2D eigenvalue weighted by molar-refractivity contribution is 8.03. The van der Waals surface area contributed by atoms with Crippen molar-refractivity contribution in [2.24, 2.45) is 5.16 Å². The number of benzene rings is 3. The Morgan fingerprint density at radius 3 is 1.96 bits per heavy atom. The standard InChI is InChI=1S/C42H46N6O5S2/c1-27(48(5,6)7)24-33-36(39(51)53-41(2,3)4)47-32(26-54-33)35(38(47)50)44-37(49)34(46-52-8)31-25-55-40(43-31)45-42(28-18-12-9-13-19-28,29-20-14-10-15-21-29)30-22-16-11-17-23-30/h9-25,32,35H,26H2,1-8H3,(H-,43,44,45,49)/p+1. The average molecular weight is 780 g/mol. The SMILES string of the molecule is CON=C(C(=O)NC1C(=O)N2C(C(=O)OC(C)(C)C)=C(C=C(C)[N+](C)(C)C)SCC12)c1csc(NC(c2ccccc2)(c2ccccc2)c2ccccc2)n1. The van der Waals surface area contributed by atoms with Crippen LogP contribution in [0.1, 0.15) is 50.1 Å². The Kier molecular flexibility index (Phi) is 11.4. The summed E-state index contributed by atoms with van der Waals surface area (Å²) in [7, 11) is 7.44. The molecule has 2 atom stereocenters. The predicted octanol–water partition coefficient (Wildman–Crippen LogP) is 6.50. The van der Waals surface area contributed by atoms with Crippen LogP contribution in [-0.4, -0.2) is 89.6 Å². The molecule has 1 aromatic heterocycles. The summed E-state index contributed by atoms with van der Waals surface area (Å²) >= 11 is 2.78. The maximum Gasteiger partial charge on any atom is 0.356 e. The van der Waals surface area contributed by atoms with E-state index < -0.39 is 41.0 Å². The molecule has 2 aliphatic rings. The number of nitrogens with one attached hydrogen (secondary N) is 2. The van der Waals surface area contributed by atoms with E-state index in [2.05, 4.69) is 52.2 Å². The summed E-state index contributed by atoms with van der Waals surface area (Å²) in [4.78, 5) is 53.5. The number of nitrogens with zero attached hydrogens (tertiary/aromatic N) is 4. The zero-order valence-electron chi connectivity index (χ0n) is 32.3. The first-order valence-corrected chi connectivity index (χ1v) is 19.8. The highest BCUT2D eigenvalue weighted by atomic mass is 32.2. The molecule has 2 aliphatic heterocycles. The first-order chi connectivity index (χ1) is 26.1. The van der Waals surface area contributed by atoms with Crippen LogP contribution in [-0.2, 0) is 29.5 Å². The van der Waals surface area contributed by atoms with Crippen LogP contribution in [0.4, 0.5) is 5.13 Å². The van der Waals surface area contributed by atoms with Gasteiger partial charge >= 0.3 is 5.97 Å². The maximum atomic E-state index is 14.0. The Hall–Kier alpha value is -5.24. The van der Waals surface area contributed by atoms with E-state index in [0.717, 1.165) is 22.4 Å². The number of hydrogen-bond donors (Lipinski definition) is 2. The van der Waals surface area contributed by atoms with Gasteiger partial charge in [-0.1, -0.05) is 96.2 Å². The van der Waals surface area contributed by atoms with Crippen molar-refractivity contribution in [3.63, 3.8) is 0 Å². The molecule has 6 rings (SSSR count). The molecule has 0 aliphatic carbocycles. The van der Waals surface area contributed by atoms with E-state index in [1.54, 1.807) is 26.2 Å². The number of esters is 1. The molecule has 2 unspecified atom stereocenters. The number of fused-ring (bicyclic) bond motifs is 1. The van der Waals surface area contributed by atoms with Gasteiger partial charge in [0.25, 0.3) is 11.8 Å². The number of thioether (sulfide) groups is 1. The zero-order chi connectivity index (χ0) is 39.5. The van der Waals surface area contributed by atoms with E-state index in [0.29, 0.717) is 20.3 Å².